The lowest BCUT2D eigenvalue weighted by Gasteiger charge is -2.29. The SMILES string of the molecule is CC(C)n1c(N2CCCN(C(=O)CNc3ccccc3)CC2)cc(=O)n(C(C)C)c1=O. The van der Waals surface area contributed by atoms with Gasteiger partial charge < -0.3 is 15.1 Å². The van der Waals surface area contributed by atoms with Gasteiger partial charge in [0.1, 0.15) is 5.82 Å². The van der Waals surface area contributed by atoms with Crippen LogP contribution in [-0.4, -0.2) is 52.7 Å². The summed E-state index contributed by atoms with van der Waals surface area (Å²) in [4.78, 5) is 42.3. The molecule has 168 valence electrons. The topological polar surface area (TPSA) is 79.6 Å². The van der Waals surface area contributed by atoms with Crippen molar-refractivity contribution in [2.24, 2.45) is 0 Å². The summed E-state index contributed by atoms with van der Waals surface area (Å²) in [5.74, 6) is 0.681. The maximum absolute atomic E-state index is 13.0. The number of carbonyl (C=O) groups excluding carboxylic acids is 1. The van der Waals surface area contributed by atoms with Crippen molar-refractivity contribution in [2.75, 3.05) is 42.9 Å². The molecule has 1 aliphatic heterocycles. The summed E-state index contributed by atoms with van der Waals surface area (Å²) in [5.41, 5.74) is 0.354. The zero-order chi connectivity index (χ0) is 22.5. The minimum Gasteiger partial charge on any atom is -0.376 e. The molecule has 1 N–H and O–H groups in total. The van der Waals surface area contributed by atoms with Crippen LogP contribution in [0.15, 0.2) is 46.0 Å². The highest BCUT2D eigenvalue weighted by molar-refractivity contribution is 5.81. The molecule has 1 saturated heterocycles. The standard InChI is InChI=1S/C23H33N5O3/c1-17(2)27-20(15-21(29)28(18(3)4)23(27)31)25-11-8-12-26(14-13-25)22(30)16-24-19-9-6-5-7-10-19/h5-7,9-10,15,17-18,24H,8,11-14,16H2,1-4H3. The third-order valence-electron chi connectivity index (χ3n) is 5.57. The Balaban J connectivity index is 1.75. The molecule has 0 spiro atoms. The molecule has 0 atom stereocenters. The number of aromatic nitrogens is 2. The van der Waals surface area contributed by atoms with Crippen LogP contribution in [0.2, 0.25) is 0 Å². The van der Waals surface area contributed by atoms with Gasteiger partial charge in [-0.25, -0.2) is 4.79 Å². The van der Waals surface area contributed by atoms with Gasteiger partial charge in [-0.3, -0.25) is 18.7 Å². The molecule has 0 saturated carbocycles. The van der Waals surface area contributed by atoms with Crippen molar-refractivity contribution in [2.45, 2.75) is 46.2 Å². The molecule has 0 bridgehead atoms. The molecule has 0 radical (unpaired) electrons. The van der Waals surface area contributed by atoms with Gasteiger partial charge in [-0.05, 0) is 46.2 Å². The average molecular weight is 428 g/mol. The third kappa shape index (κ3) is 5.18. The van der Waals surface area contributed by atoms with Crippen LogP contribution in [0.5, 0.6) is 0 Å². The maximum Gasteiger partial charge on any atom is 0.333 e. The maximum atomic E-state index is 13.0. The molecular weight excluding hydrogens is 394 g/mol. The Kier molecular flexibility index (Phi) is 7.20. The van der Waals surface area contributed by atoms with Crippen molar-refractivity contribution >= 4 is 17.4 Å². The van der Waals surface area contributed by atoms with Crippen LogP contribution in [-0.2, 0) is 4.79 Å². The number of anilines is 2. The van der Waals surface area contributed by atoms with Crippen LogP contribution >= 0.6 is 0 Å². The fourth-order valence-electron chi connectivity index (χ4n) is 4.00. The molecule has 31 heavy (non-hydrogen) atoms. The van der Waals surface area contributed by atoms with Crippen LogP contribution in [0.1, 0.15) is 46.2 Å². The number of amides is 1. The van der Waals surface area contributed by atoms with E-state index >= 15 is 0 Å². The minimum atomic E-state index is -0.281. The molecule has 8 nitrogen and oxygen atoms in total. The van der Waals surface area contributed by atoms with Crippen molar-refractivity contribution in [1.82, 2.24) is 14.0 Å². The highest BCUT2D eigenvalue weighted by atomic mass is 16.2. The van der Waals surface area contributed by atoms with Gasteiger partial charge in [0.05, 0.1) is 6.54 Å². The van der Waals surface area contributed by atoms with E-state index in [1.807, 2.05) is 62.9 Å². The highest BCUT2D eigenvalue weighted by Crippen LogP contribution is 2.18. The van der Waals surface area contributed by atoms with Gasteiger partial charge in [-0.2, -0.15) is 0 Å². The molecule has 1 aromatic carbocycles. The van der Waals surface area contributed by atoms with E-state index in [2.05, 4.69) is 10.2 Å². The molecule has 0 aliphatic carbocycles. The third-order valence-corrected chi connectivity index (χ3v) is 5.57. The number of carbonyl (C=O) groups is 1. The Morgan fingerprint density at radius 3 is 2.26 bits per heavy atom. The Morgan fingerprint density at radius 1 is 0.935 bits per heavy atom. The van der Waals surface area contributed by atoms with Gasteiger partial charge in [-0.15, -0.1) is 0 Å². The number of para-hydroxylation sites is 1. The Bertz CT molecular complexity index is 1010. The Labute approximate surface area is 183 Å². The van der Waals surface area contributed by atoms with Crippen LogP contribution in [0.3, 0.4) is 0 Å². The van der Waals surface area contributed by atoms with Gasteiger partial charge in [0.2, 0.25) is 5.91 Å². The van der Waals surface area contributed by atoms with E-state index in [1.165, 1.54) is 4.57 Å². The molecule has 3 rings (SSSR count). The van der Waals surface area contributed by atoms with Crippen LogP contribution in [0.25, 0.3) is 0 Å². The lowest BCUT2D eigenvalue weighted by atomic mass is 10.3. The lowest BCUT2D eigenvalue weighted by molar-refractivity contribution is -0.129. The normalized spacial score (nSPS) is 14.8. The number of hydrogen-bond acceptors (Lipinski definition) is 5. The van der Waals surface area contributed by atoms with Gasteiger partial charge in [0.25, 0.3) is 5.56 Å². The van der Waals surface area contributed by atoms with Crippen molar-refractivity contribution in [1.29, 1.82) is 0 Å². The predicted octanol–water partition coefficient (Wildman–Crippen LogP) is 2.32. The van der Waals surface area contributed by atoms with E-state index in [4.69, 9.17) is 0 Å². The zero-order valence-corrected chi connectivity index (χ0v) is 18.9. The van der Waals surface area contributed by atoms with Crippen LogP contribution in [0.4, 0.5) is 11.5 Å². The monoisotopic (exact) mass is 427 g/mol. The van der Waals surface area contributed by atoms with E-state index in [0.717, 1.165) is 12.1 Å². The van der Waals surface area contributed by atoms with Gasteiger partial charge in [-0.1, -0.05) is 18.2 Å². The second kappa shape index (κ2) is 9.85. The molecule has 0 unspecified atom stereocenters. The number of benzene rings is 1. The lowest BCUT2D eigenvalue weighted by Crippen LogP contribution is -2.45. The molecule has 1 aromatic heterocycles. The molecule has 1 amide bonds. The smallest absolute Gasteiger partial charge is 0.333 e. The largest absolute Gasteiger partial charge is 0.376 e. The first kappa shape index (κ1) is 22.7. The minimum absolute atomic E-state index is 0.0437. The zero-order valence-electron chi connectivity index (χ0n) is 18.9. The van der Waals surface area contributed by atoms with Crippen molar-refractivity contribution in [3.8, 4) is 0 Å². The van der Waals surface area contributed by atoms with Gasteiger partial charge in [0, 0.05) is 50.0 Å². The highest BCUT2D eigenvalue weighted by Gasteiger charge is 2.24. The van der Waals surface area contributed by atoms with E-state index in [9.17, 15) is 14.4 Å². The first-order valence-electron chi connectivity index (χ1n) is 11.0. The Morgan fingerprint density at radius 2 is 1.61 bits per heavy atom. The van der Waals surface area contributed by atoms with E-state index < -0.39 is 0 Å². The van der Waals surface area contributed by atoms with E-state index in [-0.39, 0.29) is 35.8 Å². The average Bonchev–Trinajstić information content (AvgIpc) is 2.98. The van der Waals surface area contributed by atoms with Crippen molar-refractivity contribution in [3.63, 3.8) is 0 Å². The van der Waals surface area contributed by atoms with E-state index in [0.29, 0.717) is 32.0 Å². The molecule has 2 heterocycles. The first-order valence-corrected chi connectivity index (χ1v) is 11.0. The second-order valence-electron chi connectivity index (χ2n) is 8.49. The molecule has 2 aromatic rings. The van der Waals surface area contributed by atoms with Crippen molar-refractivity contribution < 1.29 is 4.79 Å². The van der Waals surface area contributed by atoms with Crippen molar-refractivity contribution in [3.05, 3.63) is 57.2 Å². The summed E-state index contributed by atoms with van der Waals surface area (Å²) < 4.78 is 2.99. The first-order chi connectivity index (χ1) is 14.8. The quantitative estimate of drug-likeness (QED) is 0.765. The second-order valence-corrected chi connectivity index (χ2v) is 8.49. The fraction of sp³-hybridized carbons (Fsp3) is 0.522. The Hall–Kier alpha value is -3.03. The molecule has 1 aliphatic rings. The number of nitrogens with zero attached hydrogens (tertiary/aromatic N) is 4. The number of rotatable bonds is 6. The summed E-state index contributed by atoms with van der Waals surface area (Å²) in [7, 11) is 0. The fourth-order valence-corrected chi connectivity index (χ4v) is 4.00. The molecule has 1 fully saturated rings. The summed E-state index contributed by atoms with van der Waals surface area (Å²) in [6.45, 7) is 10.3. The summed E-state index contributed by atoms with van der Waals surface area (Å²) in [6.07, 6.45) is 0.774. The van der Waals surface area contributed by atoms with Gasteiger partial charge >= 0.3 is 5.69 Å². The molecule has 8 heteroatoms. The van der Waals surface area contributed by atoms with E-state index in [1.54, 1.807) is 10.6 Å². The molecular formula is C23H33N5O3. The van der Waals surface area contributed by atoms with Gasteiger partial charge in [0.15, 0.2) is 0 Å². The summed E-state index contributed by atoms with van der Waals surface area (Å²) >= 11 is 0. The predicted molar refractivity (Wildman–Crippen MR) is 124 cm³/mol. The van der Waals surface area contributed by atoms with Crippen LogP contribution < -0.4 is 21.5 Å². The number of nitrogens with one attached hydrogen (secondary N) is 1. The summed E-state index contributed by atoms with van der Waals surface area (Å²) in [6, 6.07) is 10.9. The number of hydrogen-bond donors (Lipinski definition) is 1. The summed E-state index contributed by atoms with van der Waals surface area (Å²) in [5, 5.41) is 3.17. The van der Waals surface area contributed by atoms with Crippen LogP contribution in [0, 0.1) is 0 Å².